The Morgan fingerprint density at radius 3 is 2.89 bits per heavy atom. The Bertz CT molecular complexity index is 430. The number of carbonyl (C=O) groups is 1. The average molecular weight is 311 g/mol. The zero-order valence-electron chi connectivity index (χ0n) is 10.6. The van der Waals surface area contributed by atoms with Crippen LogP contribution in [0.3, 0.4) is 0 Å². The van der Waals surface area contributed by atoms with E-state index < -0.39 is 0 Å². The van der Waals surface area contributed by atoms with Gasteiger partial charge in [0.25, 0.3) is 0 Å². The van der Waals surface area contributed by atoms with E-state index in [0.29, 0.717) is 12.5 Å². The fourth-order valence-electron chi connectivity index (χ4n) is 1.87. The summed E-state index contributed by atoms with van der Waals surface area (Å²) in [6.45, 7) is 2.86. The minimum absolute atomic E-state index is 0.0835. The average Bonchev–Trinajstić information content (AvgIpc) is 3.15. The van der Waals surface area contributed by atoms with E-state index in [4.69, 9.17) is 0 Å². The van der Waals surface area contributed by atoms with Gasteiger partial charge in [0.1, 0.15) is 0 Å². The zero-order valence-corrected chi connectivity index (χ0v) is 12.2. The van der Waals surface area contributed by atoms with E-state index in [0.717, 1.165) is 28.7 Å². The maximum absolute atomic E-state index is 11.8. The molecule has 0 bridgehead atoms. The number of aryl methyl sites for hydroxylation is 1. The maximum Gasteiger partial charge on any atom is 0.225 e. The van der Waals surface area contributed by atoms with Crippen molar-refractivity contribution in [1.29, 1.82) is 0 Å². The van der Waals surface area contributed by atoms with Crippen molar-refractivity contribution in [3.8, 4) is 0 Å². The lowest BCUT2D eigenvalue weighted by Crippen LogP contribution is -2.23. The van der Waals surface area contributed by atoms with Crippen LogP contribution in [0.4, 0.5) is 5.69 Å². The van der Waals surface area contributed by atoms with E-state index in [9.17, 15) is 4.79 Å². The van der Waals surface area contributed by atoms with E-state index >= 15 is 0 Å². The van der Waals surface area contributed by atoms with Gasteiger partial charge in [-0.1, -0.05) is 22.9 Å². The summed E-state index contributed by atoms with van der Waals surface area (Å²) < 4.78 is 1.05. The van der Waals surface area contributed by atoms with Crippen molar-refractivity contribution < 1.29 is 4.79 Å². The van der Waals surface area contributed by atoms with Crippen LogP contribution in [0.25, 0.3) is 0 Å². The first-order chi connectivity index (χ1) is 8.69. The summed E-state index contributed by atoms with van der Waals surface area (Å²) in [6, 6.07) is 6.63. The predicted molar refractivity (Wildman–Crippen MR) is 77.8 cm³/mol. The molecule has 3 nitrogen and oxygen atoms in total. The van der Waals surface area contributed by atoms with Crippen molar-refractivity contribution in [3.63, 3.8) is 0 Å². The summed E-state index contributed by atoms with van der Waals surface area (Å²) >= 11 is 3.45. The fourth-order valence-corrected chi connectivity index (χ4v) is 2.28. The summed E-state index contributed by atoms with van der Waals surface area (Å²) in [7, 11) is 0. The monoisotopic (exact) mass is 310 g/mol. The van der Waals surface area contributed by atoms with Crippen LogP contribution in [0.5, 0.6) is 0 Å². The van der Waals surface area contributed by atoms with Gasteiger partial charge in [-0.3, -0.25) is 4.79 Å². The lowest BCUT2D eigenvalue weighted by atomic mass is 10.1. The zero-order chi connectivity index (χ0) is 13.0. The molecule has 18 heavy (non-hydrogen) atoms. The molecule has 0 spiro atoms. The highest BCUT2D eigenvalue weighted by Gasteiger charge is 2.20. The smallest absolute Gasteiger partial charge is 0.225 e. The minimum Gasteiger partial charge on any atom is -0.326 e. The predicted octanol–water partition coefficient (Wildman–Crippen LogP) is 3.09. The fraction of sp³-hybridized carbons (Fsp3) is 0.500. The molecule has 0 saturated heterocycles. The normalized spacial score (nSPS) is 14.6. The molecule has 1 aromatic carbocycles. The molecule has 0 aromatic heterocycles. The molecule has 2 N–H and O–H groups in total. The van der Waals surface area contributed by atoms with Gasteiger partial charge in [0, 0.05) is 29.2 Å². The quantitative estimate of drug-likeness (QED) is 0.847. The summed E-state index contributed by atoms with van der Waals surface area (Å²) in [5, 5.41) is 6.33. The number of hydrogen-bond acceptors (Lipinski definition) is 2. The van der Waals surface area contributed by atoms with Gasteiger partial charge in [-0.05, 0) is 43.0 Å². The minimum atomic E-state index is 0.0835. The van der Waals surface area contributed by atoms with Crippen LogP contribution < -0.4 is 10.6 Å². The first kappa shape index (κ1) is 13.6. The molecule has 0 radical (unpaired) electrons. The molecular weight excluding hydrogens is 292 g/mol. The van der Waals surface area contributed by atoms with E-state index in [1.54, 1.807) is 0 Å². The Morgan fingerprint density at radius 2 is 2.22 bits per heavy atom. The number of carbonyl (C=O) groups excluding carboxylic acids is 1. The number of amides is 1. The van der Waals surface area contributed by atoms with Crippen molar-refractivity contribution in [3.05, 3.63) is 28.2 Å². The topological polar surface area (TPSA) is 41.1 Å². The Labute approximate surface area is 116 Å². The standard InChI is InChI=1S/C14H19BrN2O/c1-2-10-9-11(15)3-6-13(10)17-14(18)7-8-16-12-4-5-12/h3,6,9,12,16H,2,4-5,7-8H2,1H3,(H,17,18). The Hall–Kier alpha value is -0.870. The van der Waals surface area contributed by atoms with Crippen molar-refractivity contribution in [2.75, 3.05) is 11.9 Å². The summed E-state index contributed by atoms with van der Waals surface area (Å²) in [4.78, 5) is 11.8. The molecule has 0 aliphatic heterocycles. The molecule has 0 heterocycles. The highest BCUT2D eigenvalue weighted by atomic mass is 79.9. The number of nitrogens with one attached hydrogen (secondary N) is 2. The highest BCUT2D eigenvalue weighted by molar-refractivity contribution is 9.10. The number of rotatable bonds is 6. The van der Waals surface area contributed by atoms with Crippen LogP contribution >= 0.6 is 15.9 Å². The van der Waals surface area contributed by atoms with Gasteiger partial charge in [-0.15, -0.1) is 0 Å². The van der Waals surface area contributed by atoms with E-state index in [2.05, 4.69) is 39.6 Å². The molecule has 0 atom stereocenters. The van der Waals surface area contributed by atoms with Gasteiger partial charge in [-0.25, -0.2) is 0 Å². The first-order valence-corrected chi connectivity index (χ1v) is 7.30. The number of anilines is 1. The lowest BCUT2D eigenvalue weighted by molar-refractivity contribution is -0.116. The van der Waals surface area contributed by atoms with Crippen molar-refractivity contribution in [2.45, 2.75) is 38.6 Å². The third-order valence-corrected chi connectivity index (χ3v) is 3.58. The SMILES string of the molecule is CCc1cc(Br)ccc1NC(=O)CCNC1CC1. The van der Waals surface area contributed by atoms with E-state index in [1.807, 2.05) is 12.1 Å². The first-order valence-electron chi connectivity index (χ1n) is 6.50. The highest BCUT2D eigenvalue weighted by Crippen LogP contribution is 2.22. The molecule has 0 unspecified atom stereocenters. The van der Waals surface area contributed by atoms with E-state index in [-0.39, 0.29) is 5.91 Å². The Kier molecular flexibility index (Phi) is 4.78. The molecule has 2 rings (SSSR count). The van der Waals surface area contributed by atoms with Crippen LogP contribution in [0.2, 0.25) is 0 Å². The van der Waals surface area contributed by atoms with Gasteiger partial charge in [-0.2, -0.15) is 0 Å². The number of halogens is 1. The van der Waals surface area contributed by atoms with Gasteiger partial charge >= 0.3 is 0 Å². The van der Waals surface area contributed by atoms with Crippen LogP contribution in [0.15, 0.2) is 22.7 Å². The molecule has 98 valence electrons. The maximum atomic E-state index is 11.8. The summed E-state index contributed by atoms with van der Waals surface area (Å²) in [5.41, 5.74) is 2.09. The van der Waals surface area contributed by atoms with E-state index in [1.165, 1.54) is 12.8 Å². The van der Waals surface area contributed by atoms with Crippen LogP contribution in [-0.2, 0) is 11.2 Å². The molecule has 1 amide bonds. The third kappa shape index (κ3) is 4.10. The lowest BCUT2D eigenvalue weighted by Gasteiger charge is -2.10. The van der Waals surface area contributed by atoms with Gasteiger partial charge in [0.15, 0.2) is 0 Å². The van der Waals surface area contributed by atoms with Crippen LogP contribution in [0.1, 0.15) is 31.7 Å². The molecule has 1 aliphatic carbocycles. The van der Waals surface area contributed by atoms with Crippen molar-refractivity contribution >= 4 is 27.5 Å². The Balaban J connectivity index is 1.84. The molecule has 1 saturated carbocycles. The number of hydrogen-bond donors (Lipinski definition) is 2. The number of benzene rings is 1. The van der Waals surface area contributed by atoms with Crippen LogP contribution in [0, 0.1) is 0 Å². The van der Waals surface area contributed by atoms with Crippen molar-refractivity contribution in [1.82, 2.24) is 5.32 Å². The van der Waals surface area contributed by atoms with Gasteiger partial charge < -0.3 is 10.6 Å². The van der Waals surface area contributed by atoms with Crippen molar-refractivity contribution in [2.24, 2.45) is 0 Å². The third-order valence-electron chi connectivity index (χ3n) is 3.08. The second-order valence-corrected chi connectivity index (χ2v) is 5.60. The van der Waals surface area contributed by atoms with Gasteiger partial charge in [0.05, 0.1) is 0 Å². The van der Waals surface area contributed by atoms with Gasteiger partial charge in [0.2, 0.25) is 5.91 Å². The molecule has 4 heteroatoms. The van der Waals surface area contributed by atoms with Crippen LogP contribution in [-0.4, -0.2) is 18.5 Å². The summed E-state index contributed by atoms with van der Waals surface area (Å²) in [6.07, 6.45) is 3.97. The molecule has 1 aliphatic rings. The largest absolute Gasteiger partial charge is 0.326 e. The second-order valence-electron chi connectivity index (χ2n) is 4.68. The molecule has 1 fully saturated rings. The Morgan fingerprint density at radius 1 is 1.44 bits per heavy atom. The molecule has 1 aromatic rings. The second kappa shape index (κ2) is 6.34. The molecular formula is C14H19BrN2O. The summed E-state index contributed by atoms with van der Waals surface area (Å²) in [5.74, 6) is 0.0835.